The molecule has 0 fully saturated rings. The van der Waals surface area contributed by atoms with Gasteiger partial charge in [0.2, 0.25) is 0 Å². The van der Waals surface area contributed by atoms with Crippen LogP contribution in [0.15, 0.2) is 42.6 Å². The molecule has 0 aliphatic heterocycles. The molecular formula is C14H15N3O2. The van der Waals surface area contributed by atoms with E-state index in [1.165, 1.54) is 4.90 Å². The van der Waals surface area contributed by atoms with Crippen molar-refractivity contribution in [3.05, 3.63) is 48.2 Å². The fraction of sp³-hybridized carbons (Fsp3) is 0.143. The third-order valence-electron chi connectivity index (χ3n) is 2.80. The molecule has 1 aromatic heterocycles. The number of hydrogen-bond donors (Lipinski definition) is 1. The first kappa shape index (κ1) is 12.9. The molecular weight excluding hydrogens is 242 g/mol. The highest BCUT2D eigenvalue weighted by Gasteiger charge is 2.13. The summed E-state index contributed by atoms with van der Waals surface area (Å²) in [5.74, 6) is 1.02. The van der Waals surface area contributed by atoms with Gasteiger partial charge in [0, 0.05) is 12.6 Å². The van der Waals surface area contributed by atoms with E-state index in [0.717, 1.165) is 0 Å². The lowest BCUT2D eigenvalue weighted by molar-refractivity contribution is 0.0993. The van der Waals surface area contributed by atoms with Crippen LogP contribution in [0.25, 0.3) is 0 Å². The Bertz CT molecular complexity index is 564. The zero-order chi connectivity index (χ0) is 13.8. The summed E-state index contributed by atoms with van der Waals surface area (Å²) in [6.07, 6.45) is 1.57. The van der Waals surface area contributed by atoms with Crippen molar-refractivity contribution >= 4 is 17.4 Å². The van der Waals surface area contributed by atoms with Crippen molar-refractivity contribution in [1.82, 2.24) is 4.98 Å². The van der Waals surface area contributed by atoms with Crippen LogP contribution in [-0.4, -0.2) is 25.0 Å². The van der Waals surface area contributed by atoms with Crippen molar-refractivity contribution in [3.8, 4) is 5.75 Å². The molecule has 1 amide bonds. The maximum atomic E-state index is 12.3. The molecule has 0 aliphatic carbocycles. The van der Waals surface area contributed by atoms with E-state index >= 15 is 0 Å². The van der Waals surface area contributed by atoms with E-state index in [1.54, 1.807) is 56.8 Å². The number of pyridine rings is 1. The highest BCUT2D eigenvalue weighted by Crippen LogP contribution is 2.17. The molecule has 5 heteroatoms. The summed E-state index contributed by atoms with van der Waals surface area (Å²) >= 11 is 0. The Labute approximate surface area is 111 Å². The molecule has 5 nitrogen and oxygen atoms in total. The summed E-state index contributed by atoms with van der Waals surface area (Å²) in [7, 11) is 3.28. The minimum absolute atomic E-state index is 0.116. The van der Waals surface area contributed by atoms with Gasteiger partial charge in [-0.2, -0.15) is 0 Å². The number of nitrogens with zero attached hydrogens (tertiary/aromatic N) is 2. The smallest absolute Gasteiger partial charge is 0.258 e. The predicted molar refractivity (Wildman–Crippen MR) is 74.4 cm³/mol. The van der Waals surface area contributed by atoms with Gasteiger partial charge in [-0.15, -0.1) is 0 Å². The second kappa shape index (κ2) is 5.39. The van der Waals surface area contributed by atoms with E-state index in [-0.39, 0.29) is 5.91 Å². The largest absolute Gasteiger partial charge is 0.497 e. The van der Waals surface area contributed by atoms with Gasteiger partial charge in [-0.25, -0.2) is 4.98 Å². The maximum absolute atomic E-state index is 12.3. The number of amides is 1. The molecule has 0 saturated heterocycles. The molecule has 2 rings (SSSR count). The highest BCUT2D eigenvalue weighted by molar-refractivity contribution is 6.05. The summed E-state index contributed by atoms with van der Waals surface area (Å²) < 4.78 is 5.06. The van der Waals surface area contributed by atoms with E-state index < -0.39 is 0 Å². The number of aromatic nitrogens is 1. The fourth-order valence-electron chi connectivity index (χ4n) is 1.64. The molecule has 2 aromatic rings. The van der Waals surface area contributed by atoms with Crippen LogP contribution in [0.4, 0.5) is 11.5 Å². The monoisotopic (exact) mass is 257 g/mol. The van der Waals surface area contributed by atoms with Crippen LogP contribution in [0.3, 0.4) is 0 Å². The van der Waals surface area contributed by atoms with Crippen molar-refractivity contribution in [1.29, 1.82) is 0 Å². The van der Waals surface area contributed by atoms with Crippen molar-refractivity contribution in [2.45, 2.75) is 0 Å². The molecule has 0 atom stereocenters. The molecule has 0 aliphatic rings. The number of hydrogen-bond acceptors (Lipinski definition) is 4. The van der Waals surface area contributed by atoms with Gasteiger partial charge in [0.05, 0.1) is 19.0 Å². The van der Waals surface area contributed by atoms with Gasteiger partial charge >= 0.3 is 0 Å². The number of methoxy groups -OCH3 is 1. The van der Waals surface area contributed by atoms with E-state index in [0.29, 0.717) is 22.8 Å². The van der Waals surface area contributed by atoms with Gasteiger partial charge in [-0.3, -0.25) is 4.79 Å². The van der Waals surface area contributed by atoms with Crippen molar-refractivity contribution in [2.24, 2.45) is 0 Å². The van der Waals surface area contributed by atoms with Crippen LogP contribution in [0, 0.1) is 0 Å². The van der Waals surface area contributed by atoms with Gasteiger partial charge < -0.3 is 15.4 Å². The van der Waals surface area contributed by atoms with Gasteiger partial charge in [-0.05, 0) is 36.4 Å². The Hall–Kier alpha value is -2.56. The summed E-state index contributed by atoms with van der Waals surface area (Å²) in [5, 5.41) is 0. The molecule has 1 aromatic carbocycles. The van der Waals surface area contributed by atoms with Crippen molar-refractivity contribution < 1.29 is 9.53 Å². The fourth-order valence-corrected chi connectivity index (χ4v) is 1.64. The quantitative estimate of drug-likeness (QED) is 0.912. The first-order valence-electron chi connectivity index (χ1n) is 5.75. The molecule has 0 saturated carbocycles. The third kappa shape index (κ3) is 2.82. The van der Waals surface area contributed by atoms with Gasteiger partial charge in [-0.1, -0.05) is 0 Å². The second-order valence-corrected chi connectivity index (χ2v) is 4.03. The SMILES string of the molecule is COc1ccc(C(=O)N(C)c2ccc(N)nc2)cc1. The van der Waals surface area contributed by atoms with E-state index in [2.05, 4.69) is 4.98 Å². The van der Waals surface area contributed by atoms with Crippen LogP contribution in [0.1, 0.15) is 10.4 Å². The first-order valence-corrected chi connectivity index (χ1v) is 5.75. The third-order valence-corrected chi connectivity index (χ3v) is 2.80. The van der Waals surface area contributed by atoms with Crippen LogP contribution in [0.5, 0.6) is 5.75 Å². The predicted octanol–water partition coefficient (Wildman–Crippen LogP) is 1.95. The van der Waals surface area contributed by atoms with Crippen LogP contribution in [0.2, 0.25) is 0 Å². The Balaban J connectivity index is 2.20. The topological polar surface area (TPSA) is 68.5 Å². The Morgan fingerprint density at radius 2 is 1.89 bits per heavy atom. The number of carbonyl (C=O) groups excluding carboxylic acids is 1. The lowest BCUT2D eigenvalue weighted by atomic mass is 10.2. The van der Waals surface area contributed by atoms with Crippen LogP contribution < -0.4 is 15.4 Å². The molecule has 1 heterocycles. The number of nitrogens with two attached hydrogens (primary N) is 1. The Kier molecular flexibility index (Phi) is 3.66. The lowest BCUT2D eigenvalue weighted by Crippen LogP contribution is -2.26. The average Bonchev–Trinajstić information content (AvgIpc) is 2.46. The van der Waals surface area contributed by atoms with E-state index in [1.807, 2.05) is 0 Å². The maximum Gasteiger partial charge on any atom is 0.258 e. The van der Waals surface area contributed by atoms with E-state index in [4.69, 9.17) is 10.5 Å². The first-order chi connectivity index (χ1) is 9.11. The highest BCUT2D eigenvalue weighted by atomic mass is 16.5. The summed E-state index contributed by atoms with van der Waals surface area (Å²) in [5.41, 5.74) is 6.79. The molecule has 0 radical (unpaired) electrons. The Morgan fingerprint density at radius 1 is 1.21 bits per heavy atom. The number of benzene rings is 1. The zero-order valence-electron chi connectivity index (χ0n) is 10.8. The molecule has 0 unspecified atom stereocenters. The number of anilines is 2. The molecule has 0 bridgehead atoms. The minimum atomic E-state index is -0.116. The van der Waals surface area contributed by atoms with Gasteiger partial charge in [0.1, 0.15) is 11.6 Å². The van der Waals surface area contributed by atoms with Crippen LogP contribution in [-0.2, 0) is 0 Å². The Morgan fingerprint density at radius 3 is 2.42 bits per heavy atom. The lowest BCUT2D eigenvalue weighted by Gasteiger charge is -2.17. The number of carbonyl (C=O) groups is 1. The summed E-state index contributed by atoms with van der Waals surface area (Å²) in [4.78, 5) is 17.7. The molecule has 98 valence electrons. The van der Waals surface area contributed by atoms with E-state index in [9.17, 15) is 4.79 Å². The zero-order valence-corrected chi connectivity index (χ0v) is 10.8. The van der Waals surface area contributed by atoms with Gasteiger partial charge in [0.25, 0.3) is 5.91 Å². The van der Waals surface area contributed by atoms with Crippen molar-refractivity contribution in [3.63, 3.8) is 0 Å². The van der Waals surface area contributed by atoms with Gasteiger partial charge in [0.15, 0.2) is 0 Å². The normalized spacial score (nSPS) is 10.0. The molecule has 19 heavy (non-hydrogen) atoms. The minimum Gasteiger partial charge on any atom is -0.497 e. The average molecular weight is 257 g/mol. The standard InChI is InChI=1S/C14H15N3O2/c1-17(11-5-8-13(15)16-9-11)14(18)10-3-6-12(19-2)7-4-10/h3-9H,1-2H3,(H2,15,16). The molecule has 2 N–H and O–H groups in total. The number of nitrogen functional groups attached to an aromatic ring is 1. The van der Waals surface area contributed by atoms with Crippen LogP contribution >= 0.6 is 0 Å². The van der Waals surface area contributed by atoms with Crippen molar-refractivity contribution in [2.75, 3.05) is 24.8 Å². The summed E-state index contributed by atoms with van der Waals surface area (Å²) in [6.45, 7) is 0. The molecule has 0 spiro atoms. The number of ether oxygens (including phenoxy) is 1. The number of rotatable bonds is 3. The second-order valence-electron chi connectivity index (χ2n) is 4.03. The summed E-state index contributed by atoms with van der Waals surface area (Å²) in [6, 6.07) is 10.4.